The first-order valence-electron chi connectivity index (χ1n) is 5.36. The molecule has 2 aromatic rings. The van der Waals surface area contributed by atoms with Crippen molar-refractivity contribution in [1.82, 2.24) is 4.98 Å². The highest BCUT2D eigenvalue weighted by Gasteiger charge is 2.14. The smallest absolute Gasteiger partial charge is 0.219 e. The Morgan fingerprint density at radius 2 is 1.89 bits per heavy atom. The third-order valence-corrected chi connectivity index (χ3v) is 3.49. The van der Waals surface area contributed by atoms with Crippen LogP contribution in [-0.4, -0.2) is 19.7 Å². The normalized spacial score (nSPS) is 11.2. The molecule has 0 aliphatic rings. The number of para-hydroxylation sites is 1. The largest absolute Gasteiger partial charge is 0.438 e. The average molecular weight is 263 g/mol. The Balaban J connectivity index is 2.41. The van der Waals surface area contributed by atoms with Crippen molar-refractivity contribution in [2.75, 3.05) is 6.26 Å². The van der Waals surface area contributed by atoms with Crippen LogP contribution in [0.25, 0.3) is 0 Å². The second-order valence-corrected chi connectivity index (χ2v) is 5.98. The van der Waals surface area contributed by atoms with Gasteiger partial charge in [0.2, 0.25) is 5.88 Å². The number of benzene rings is 1. The summed E-state index contributed by atoms with van der Waals surface area (Å²) >= 11 is 0. The standard InChI is InChI=1S/C13H13NO3S/c1-10-7-8-14-13(9-10)17-11-5-3-4-6-12(11)18(2,15)16/h3-9H,1-2H3. The Morgan fingerprint density at radius 1 is 1.17 bits per heavy atom. The highest BCUT2D eigenvalue weighted by molar-refractivity contribution is 7.90. The zero-order chi connectivity index (χ0) is 13.2. The molecule has 1 aromatic carbocycles. The predicted molar refractivity (Wildman–Crippen MR) is 68.6 cm³/mol. The maximum atomic E-state index is 11.6. The van der Waals surface area contributed by atoms with Crippen LogP contribution in [0.1, 0.15) is 5.56 Å². The molecule has 4 nitrogen and oxygen atoms in total. The van der Waals surface area contributed by atoms with Gasteiger partial charge in [0.1, 0.15) is 10.6 Å². The lowest BCUT2D eigenvalue weighted by atomic mass is 10.3. The summed E-state index contributed by atoms with van der Waals surface area (Å²) in [6.07, 6.45) is 2.77. The van der Waals surface area contributed by atoms with Crippen molar-refractivity contribution in [2.24, 2.45) is 0 Å². The Kier molecular flexibility index (Phi) is 3.34. The van der Waals surface area contributed by atoms with Crippen LogP contribution in [0.3, 0.4) is 0 Å². The first kappa shape index (κ1) is 12.6. The van der Waals surface area contributed by atoms with Crippen molar-refractivity contribution >= 4 is 9.84 Å². The fraction of sp³-hybridized carbons (Fsp3) is 0.154. The molecular formula is C13H13NO3S. The molecule has 0 bridgehead atoms. The van der Waals surface area contributed by atoms with Crippen LogP contribution in [0, 0.1) is 6.92 Å². The van der Waals surface area contributed by atoms with E-state index in [1.165, 1.54) is 6.07 Å². The minimum absolute atomic E-state index is 0.160. The molecule has 94 valence electrons. The maximum absolute atomic E-state index is 11.6. The van der Waals surface area contributed by atoms with E-state index < -0.39 is 9.84 Å². The topological polar surface area (TPSA) is 56.3 Å². The van der Waals surface area contributed by atoms with Gasteiger partial charge in [-0.3, -0.25) is 0 Å². The first-order valence-corrected chi connectivity index (χ1v) is 7.25. The van der Waals surface area contributed by atoms with Crippen molar-refractivity contribution in [3.63, 3.8) is 0 Å². The van der Waals surface area contributed by atoms with Crippen LogP contribution in [0.5, 0.6) is 11.6 Å². The average Bonchev–Trinajstić information content (AvgIpc) is 2.28. The van der Waals surface area contributed by atoms with Gasteiger partial charge in [-0.25, -0.2) is 13.4 Å². The molecule has 0 atom stereocenters. The predicted octanol–water partition coefficient (Wildman–Crippen LogP) is 2.59. The highest BCUT2D eigenvalue weighted by atomic mass is 32.2. The fourth-order valence-corrected chi connectivity index (χ4v) is 2.32. The van der Waals surface area contributed by atoms with E-state index in [4.69, 9.17) is 4.74 Å². The maximum Gasteiger partial charge on any atom is 0.219 e. The van der Waals surface area contributed by atoms with E-state index in [1.807, 2.05) is 13.0 Å². The van der Waals surface area contributed by atoms with E-state index in [0.717, 1.165) is 11.8 Å². The van der Waals surface area contributed by atoms with E-state index in [0.29, 0.717) is 5.88 Å². The Labute approximate surface area is 106 Å². The van der Waals surface area contributed by atoms with Gasteiger partial charge < -0.3 is 4.74 Å². The molecule has 0 amide bonds. The van der Waals surface area contributed by atoms with E-state index >= 15 is 0 Å². The van der Waals surface area contributed by atoms with E-state index in [-0.39, 0.29) is 10.6 Å². The molecule has 0 saturated carbocycles. The van der Waals surface area contributed by atoms with Gasteiger partial charge in [0.25, 0.3) is 0 Å². The minimum Gasteiger partial charge on any atom is -0.438 e. The van der Waals surface area contributed by atoms with Gasteiger partial charge in [-0.15, -0.1) is 0 Å². The Morgan fingerprint density at radius 3 is 2.56 bits per heavy atom. The molecule has 0 aliphatic heterocycles. The molecule has 0 N–H and O–H groups in total. The summed E-state index contributed by atoms with van der Waals surface area (Å²) in [5, 5.41) is 0. The van der Waals surface area contributed by atoms with Crippen LogP contribution in [-0.2, 0) is 9.84 Å². The SMILES string of the molecule is Cc1ccnc(Oc2ccccc2S(C)(=O)=O)c1. The summed E-state index contributed by atoms with van der Waals surface area (Å²) < 4.78 is 28.7. The summed E-state index contributed by atoms with van der Waals surface area (Å²) in [6.45, 7) is 1.91. The van der Waals surface area contributed by atoms with Gasteiger partial charge >= 0.3 is 0 Å². The number of hydrogen-bond donors (Lipinski definition) is 0. The molecular weight excluding hydrogens is 250 g/mol. The number of rotatable bonds is 3. The van der Waals surface area contributed by atoms with Crippen molar-refractivity contribution < 1.29 is 13.2 Å². The second-order valence-electron chi connectivity index (χ2n) is 3.99. The summed E-state index contributed by atoms with van der Waals surface area (Å²) in [7, 11) is -3.32. The van der Waals surface area contributed by atoms with Gasteiger partial charge in [0.15, 0.2) is 9.84 Å². The molecule has 18 heavy (non-hydrogen) atoms. The fourth-order valence-electron chi connectivity index (χ4n) is 1.52. The summed E-state index contributed by atoms with van der Waals surface area (Å²) in [5.41, 5.74) is 0.997. The van der Waals surface area contributed by atoms with Crippen molar-refractivity contribution in [3.8, 4) is 11.6 Å². The van der Waals surface area contributed by atoms with Gasteiger partial charge in [0.05, 0.1) is 0 Å². The number of ether oxygens (including phenoxy) is 1. The quantitative estimate of drug-likeness (QED) is 0.854. The van der Waals surface area contributed by atoms with Gasteiger partial charge in [-0.1, -0.05) is 12.1 Å². The number of aromatic nitrogens is 1. The molecule has 0 spiro atoms. The molecule has 0 saturated heterocycles. The van der Waals surface area contributed by atoms with E-state index in [2.05, 4.69) is 4.98 Å². The van der Waals surface area contributed by atoms with Crippen LogP contribution < -0.4 is 4.74 Å². The molecule has 0 unspecified atom stereocenters. The van der Waals surface area contributed by atoms with E-state index in [9.17, 15) is 8.42 Å². The van der Waals surface area contributed by atoms with Gasteiger partial charge in [-0.05, 0) is 30.7 Å². The monoisotopic (exact) mass is 263 g/mol. The molecule has 0 radical (unpaired) electrons. The molecule has 1 heterocycles. The minimum atomic E-state index is -3.32. The lowest BCUT2D eigenvalue weighted by Gasteiger charge is -2.09. The van der Waals surface area contributed by atoms with Crippen molar-refractivity contribution in [3.05, 3.63) is 48.2 Å². The number of pyridine rings is 1. The van der Waals surface area contributed by atoms with Gasteiger partial charge in [-0.2, -0.15) is 0 Å². The third kappa shape index (κ3) is 2.87. The highest BCUT2D eigenvalue weighted by Crippen LogP contribution is 2.27. The van der Waals surface area contributed by atoms with Crippen LogP contribution >= 0.6 is 0 Å². The first-order chi connectivity index (χ1) is 8.47. The second kappa shape index (κ2) is 4.78. The Hall–Kier alpha value is -1.88. The van der Waals surface area contributed by atoms with Crippen molar-refractivity contribution in [1.29, 1.82) is 0 Å². The Bertz CT molecular complexity index is 665. The molecule has 0 aliphatic carbocycles. The zero-order valence-electron chi connectivity index (χ0n) is 10.1. The van der Waals surface area contributed by atoms with Crippen molar-refractivity contribution in [2.45, 2.75) is 11.8 Å². The lowest BCUT2D eigenvalue weighted by Crippen LogP contribution is -2.00. The number of sulfone groups is 1. The lowest BCUT2D eigenvalue weighted by molar-refractivity contribution is 0.449. The third-order valence-electron chi connectivity index (χ3n) is 2.35. The summed E-state index contributed by atoms with van der Waals surface area (Å²) in [4.78, 5) is 4.20. The zero-order valence-corrected chi connectivity index (χ0v) is 10.9. The number of nitrogens with zero attached hydrogens (tertiary/aromatic N) is 1. The molecule has 5 heteroatoms. The molecule has 2 rings (SSSR count). The van der Waals surface area contributed by atoms with E-state index in [1.54, 1.807) is 30.5 Å². The van der Waals surface area contributed by atoms with Crippen LogP contribution in [0.15, 0.2) is 47.5 Å². The van der Waals surface area contributed by atoms with Crippen LogP contribution in [0.2, 0.25) is 0 Å². The summed E-state index contributed by atoms with van der Waals surface area (Å²) in [6, 6.07) is 10.1. The molecule has 0 fully saturated rings. The van der Waals surface area contributed by atoms with Crippen LogP contribution in [0.4, 0.5) is 0 Å². The number of aryl methyl sites for hydroxylation is 1. The molecule has 1 aromatic heterocycles. The van der Waals surface area contributed by atoms with Gasteiger partial charge in [0, 0.05) is 18.5 Å². The number of hydrogen-bond acceptors (Lipinski definition) is 4. The summed E-state index contributed by atoms with van der Waals surface area (Å²) in [5.74, 6) is 0.671.